The van der Waals surface area contributed by atoms with Gasteiger partial charge in [-0.2, -0.15) is 0 Å². The Morgan fingerprint density at radius 3 is 2.54 bits per heavy atom. The van der Waals surface area contributed by atoms with Gasteiger partial charge in [0.1, 0.15) is 5.76 Å². The monoisotopic (exact) mass is 391 g/mol. The van der Waals surface area contributed by atoms with Crippen LogP contribution in [0.4, 0.5) is 0 Å². The standard InChI is InChI=1S/C24H41NO3/c1-18(2)9-10-24(12-15-28-23(5,6)17-24)11-13-25-22(26)16-20(19(3)4)21-8-7-14-27-21/h7-8,14,18-20H,9-13,15-17H2,1-6H3,(H,25,26)/t20-,24+/m1/s1. The fourth-order valence-corrected chi connectivity index (χ4v) is 4.64. The van der Waals surface area contributed by atoms with Gasteiger partial charge >= 0.3 is 0 Å². The molecule has 0 bridgehead atoms. The summed E-state index contributed by atoms with van der Waals surface area (Å²) in [6, 6.07) is 3.87. The number of hydrogen-bond acceptors (Lipinski definition) is 3. The molecule has 1 aliphatic rings. The molecule has 2 rings (SSSR count). The maximum absolute atomic E-state index is 12.6. The third kappa shape index (κ3) is 6.95. The molecule has 1 saturated heterocycles. The van der Waals surface area contributed by atoms with Crippen molar-refractivity contribution in [3.05, 3.63) is 24.2 Å². The highest BCUT2D eigenvalue weighted by atomic mass is 16.5. The Hall–Kier alpha value is -1.29. The Kier molecular flexibility index (Phi) is 8.18. The van der Waals surface area contributed by atoms with Crippen molar-refractivity contribution in [1.82, 2.24) is 5.32 Å². The van der Waals surface area contributed by atoms with E-state index in [1.165, 1.54) is 12.8 Å². The van der Waals surface area contributed by atoms with Gasteiger partial charge < -0.3 is 14.5 Å². The summed E-state index contributed by atoms with van der Waals surface area (Å²) in [7, 11) is 0. The minimum atomic E-state index is -0.0682. The summed E-state index contributed by atoms with van der Waals surface area (Å²) in [5.74, 6) is 2.24. The number of rotatable bonds is 10. The van der Waals surface area contributed by atoms with Crippen molar-refractivity contribution in [2.45, 2.75) is 91.6 Å². The van der Waals surface area contributed by atoms with E-state index in [-0.39, 0.29) is 22.8 Å². The van der Waals surface area contributed by atoms with Gasteiger partial charge in [-0.05, 0) is 68.9 Å². The number of amides is 1. The van der Waals surface area contributed by atoms with Crippen molar-refractivity contribution in [3.8, 4) is 0 Å². The maximum Gasteiger partial charge on any atom is 0.220 e. The van der Waals surface area contributed by atoms with Crippen molar-refractivity contribution in [1.29, 1.82) is 0 Å². The largest absolute Gasteiger partial charge is 0.469 e. The number of nitrogens with one attached hydrogen (secondary N) is 1. The second-order valence-corrected chi connectivity index (χ2v) is 10.1. The molecule has 160 valence electrons. The zero-order valence-electron chi connectivity index (χ0n) is 18.8. The molecule has 0 aliphatic carbocycles. The zero-order chi connectivity index (χ0) is 20.8. The molecule has 0 radical (unpaired) electrons. The zero-order valence-corrected chi connectivity index (χ0v) is 18.8. The van der Waals surface area contributed by atoms with E-state index in [2.05, 4.69) is 46.9 Å². The predicted molar refractivity (Wildman–Crippen MR) is 114 cm³/mol. The van der Waals surface area contributed by atoms with E-state index < -0.39 is 0 Å². The Morgan fingerprint density at radius 1 is 1.21 bits per heavy atom. The van der Waals surface area contributed by atoms with Crippen LogP contribution in [-0.4, -0.2) is 24.7 Å². The van der Waals surface area contributed by atoms with E-state index in [0.717, 1.165) is 38.2 Å². The molecular formula is C24H41NO3. The lowest BCUT2D eigenvalue weighted by molar-refractivity contribution is -0.123. The normalized spacial score (nSPS) is 23.1. The van der Waals surface area contributed by atoms with Crippen LogP contribution in [0.1, 0.15) is 91.7 Å². The molecule has 4 nitrogen and oxygen atoms in total. The summed E-state index contributed by atoms with van der Waals surface area (Å²) in [6.07, 6.45) is 7.83. The number of hydrogen-bond donors (Lipinski definition) is 1. The van der Waals surface area contributed by atoms with Gasteiger partial charge in [-0.1, -0.05) is 34.1 Å². The van der Waals surface area contributed by atoms with Crippen LogP contribution in [0.5, 0.6) is 0 Å². The molecule has 1 amide bonds. The van der Waals surface area contributed by atoms with Gasteiger partial charge in [-0.25, -0.2) is 0 Å². The Morgan fingerprint density at radius 2 is 1.96 bits per heavy atom. The van der Waals surface area contributed by atoms with Gasteiger partial charge in [0.25, 0.3) is 0 Å². The van der Waals surface area contributed by atoms with E-state index in [9.17, 15) is 4.79 Å². The summed E-state index contributed by atoms with van der Waals surface area (Å²) >= 11 is 0. The summed E-state index contributed by atoms with van der Waals surface area (Å²) in [4.78, 5) is 12.6. The van der Waals surface area contributed by atoms with Crippen LogP contribution in [0.25, 0.3) is 0 Å². The minimum Gasteiger partial charge on any atom is -0.469 e. The molecule has 0 unspecified atom stereocenters. The second-order valence-electron chi connectivity index (χ2n) is 10.1. The highest BCUT2D eigenvalue weighted by molar-refractivity contribution is 5.76. The number of carbonyl (C=O) groups is 1. The van der Waals surface area contributed by atoms with Crippen molar-refractivity contribution in [3.63, 3.8) is 0 Å². The van der Waals surface area contributed by atoms with Gasteiger partial charge in [0.2, 0.25) is 5.91 Å². The quantitative estimate of drug-likeness (QED) is 0.538. The second kappa shape index (κ2) is 9.96. The lowest BCUT2D eigenvalue weighted by Crippen LogP contribution is -2.43. The minimum absolute atomic E-state index is 0.0682. The highest BCUT2D eigenvalue weighted by Gasteiger charge is 2.40. The molecule has 1 aliphatic heterocycles. The molecule has 2 heterocycles. The van der Waals surface area contributed by atoms with Crippen LogP contribution in [-0.2, 0) is 9.53 Å². The molecule has 0 spiro atoms. The Labute approximate surface area is 171 Å². The smallest absolute Gasteiger partial charge is 0.220 e. The van der Waals surface area contributed by atoms with Gasteiger partial charge in [-0.15, -0.1) is 0 Å². The SMILES string of the molecule is CC(C)CC[C@]1(CCNC(=O)C[C@@H](c2ccco2)C(C)C)CCOC(C)(C)C1. The lowest BCUT2D eigenvalue weighted by atomic mass is 9.68. The van der Waals surface area contributed by atoms with Gasteiger partial charge in [-0.3, -0.25) is 4.79 Å². The summed E-state index contributed by atoms with van der Waals surface area (Å²) in [5.41, 5.74) is 0.207. The first-order chi connectivity index (χ1) is 13.1. The van der Waals surface area contributed by atoms with Crippen molar-refractivity contribution >= 4 is 5.91 Å². The fraction of sp³-hybridized carbons (Fsp3) is 0.792. The third-order valence-electron chi connectivity index (χ3n) is 6.27. The Bertz CT molecular complexity index is 591. The molecule has 1 aromatic heterocycles. The van der Waals surface area contributed by atoms with Gasteiger partial charge in [0.15, 0.2) is 0 Å². The number of carbonyl (C=O) groups excluding carboxylic acids is 1. The summed E-state index contributed by atoms with van der Waals surface area (Å²) in [5, 5.41) is 3.20. The average Bonchev–Trinajstić information content (AvgIpc) is 3.11. The highest BCUT2D eigenvalue weighted by Crippen LogP contribution is 2.45. The first-order valence-corrected chi connectivity index (χ1v) is 11.1. The van der Waals surface area contributed by atoms with E-state index >= 15 is 0 Å². The summed E-state index contributed by atoms with van der Waals surface area (Å²) in [6.45, 7) is 14.8. The van der Waals surface area contributed by atoms with Crippen molar-refractivity contribution < 1.29 is 13.9 Å². The Balaban J connectivity index is 1.91. The van der Waals surface area contributed by atoms with Gasteiger partial charge in [0, 0.05) is 25.5 Å². The first-order valence-electron chi connectivity index (χ1n) is 11.1. The number of furan rings is 1. The third-order valence-corrected chi connectivity index (χ3v) is 6.27. The molecule has 4 heteroatoms. The van der Waals surface area contributed by atoms with Crippen LogP contribution in [0, 0.1) is 17.3 Å². The fourth-order valence-electron chi connectivity index (χ4n) is 4.64. The molecule has 28 heavy (non-hydrogen) atoms. The van der Waals surface area contributed by atoms with E-state index in [1.807, 2.05) is 12.1 Å². The number of ether oxygens (including phenoxy) is 1. The van der Waals surface area contributed by atoms with Crippen LogP contribution in [0.2, 0.25) is 0 Å². The van der Waals surface area contributed by atoms with Crippen molar-refractivity contribution in [2.24, 2.45) is 17.3 Å². The van der Waals surface area contributed by atoms with Crippen LogP contribution >= 0.6 is 0 Å². The topological polar surface area (TPSA) is 51.5 Å². The molecule has 1 N–H and O–H groups in total. The lowest BCUT2D eigenvalue weighted by Gasteiger charge is -2.45. The maximum atomic E-state index is 12.6. The first kappa shape index (κ1) is 23.0. The predicted octanol–water partition coefficient (Wildman–Crippen LogP) is 5.93. The van der Waals surface area contributed by atoms with Crippen molar-refractivity contribution in [2.75, 3.05) is 13.2 Å². The van der Waals surface area contributed by atoms with E-state index in [0.29, 0.717) is 18.3 Å². The molecule has 0 saturated carbocycles. The van der Waals surface area contributed by atoms with E-state index in [4.69, 9.17) is 9.15 Å². The molecule has 2 atom stereocenters. The molecular weight excluding hydrogens is 350 g/mol. The molecule has 0 aromatic carbocycles. The molecule has 1 aromatic rings. The summed E-state index contributed by atoms with van der Waals surface area (Å²) < 4.78 is 11.5. The van der Waals surface area contributed by atoms with Gasteiger partial charge in [0.05, 0.1) is 11.9 Å². The van der Waals surface area contributed by atoms with Crippen LogP contribution in [0.15, 0.2) is 22.8 Å². The van der Waals surface area contributed by atoms with E-state index in [1.54, 1.807) is 6.26 Å². The van der Waals surface area contributed by atoms with Crippen LogP contribution in [0.3, 0.4) is 0 Å². The average molecular weight is 392 g/mol. The van der Waals surface area contributed by atoms with Crippen LogP contribution < -0.4 is 5.32 Å². The molecule has 1 fully saturated rings.